The van der Waals surface area contributed by atoms with Crippen molar-refractivity contribution in [3.8, 4) is 11.1 Å². The molecule has 0 fully saturated rings. The lowest BCUT2D eigenvalue weighted by atomic mass is 9.83. The number of nitrogens with two attached hydrogens (primary N) is 1. The molecule has 0 saturated heterocycles. The molecule has 4 nitrogen and oxygen atoms in total. The number of amides is 1. The third-order valence-electron chi connectivity index (χ3n) is 4.23. The van der Waals surface area contributed by atoms with E-state index in [0.717, 1.165) is 18.1 Å². The van der Waals surface area contributed by atoms with E-state index in [9.17, 15) is 18.7 Å². The van der Waals surface area contributed by atoms with Crippen LogP contribution in [0.4, 0.5) is 8.78 Å². The fourth-order valence-corrected chi connectivity index (χ4v) is 3.03. The van der Waals surface area contributed by atoms with Crippen molar-refractivity contribution < 1.29 is 18.7 Å². The van der Waals surface area contributed by atoms with Crippen LogP contribution in [0.2, 0.25) is 0 Å². The summed E-state index contributed by atoms with van der Waals surface area (Å²) in [5.41, 5.74) is 7.56. The molecule has 0 spiro atoms. The number of hydrogen-bond donors (Lipinski definition) is 2. The molecule has 1 aliphatic carbocycles. The van der Waals surface area contributed by atoms with E-state index >= 15 is 0 Å². The number of benzene rings is 1. The van der Waals surface area contributed by atoms with E-state index in [1.807, 2.05) is 0 Å². The van der Waals surface area contributed by atoms with E-state index in [4.69, 9.17) is 5.73 Å². The second-order valence-corrected chi connectivity index (χ2v) is 5.76. The van der Waals surface area contributed by atoms with E-state index in [0.29, 0.717) is 24.1 Å². The van der Waals surface area contributed by atoms with Crippen LogP contribution in [0.3, 0.4) is 0 Å². The van der Waals surface area contributed by atoms with Crippen LogP contribution in [-0.4, -0.2) is 22.6 Å². The van der Waals surface area contributed by atoms with Gasteiger partial charge >= 0.3 is 0 Å². The van der Waals surface area contributed by atoms with Gasteiger partial charge in [0.2, 0.25) is 0 Å². The second kappa shape index (κ2) is 6.04. The summed E-state index contributed by atoms with van der Waals surface area (Å²) >= 11 is 0. The van der Waals surface area contributed by atoms with Crippen LogP contribution in [0.25, 0.3) is 11.1 Å². The summed E-state index contributed by atoms with van der Waals surface area (Å²) in [7, 11) is 0. The van der Waals surface area contributed by atoms with Crippen molar-refractivity contribution >= 4 is 5.91 Å². The Bertz CT molecular complexity index is 777. The van der Waals surface area contributed by atoms with Crippen LogP contribution in [-0.2, 0) is 12.8 Å². The molecule has 1 aromatic heterocycles. The molecule has 6 heteroatoms. The summed E-state index contributed by atoms with van der Waals surface area (Å²) in [6.07, 6.45) is 1.86. The van der Waals surface area contributed by atoms with E-state index in [1.54, 1.807) is 0 Å². The first kappa shape index (κ1) is 15.6. The smallest absolute Gasteiger partial charge is 0.267 e. The van der Waals surface area contributed by atoms with Gasteiger partial charge in [-0.2, -0.15) is 0 Å². The van der Waals surface area contributed by atoms with Gasteiger partial charge in [-0.25, -0.2) is 13.8 Å². The van der Waals surface area contributed by atoms with Crippen LogP contribution in [0.1, 0.15) is 28.2 Å². The van der Waals surface area contributed by atoms with Gasteiger partial charge in [-0.3, -0.25) is 4.79 Å². The van der Waals surface area contributed by atoms with Gasteiger partial charge in [-0.05, 0) is 54.5 Å². The zero-order chi connectivity index (χ0) is 16.6. The second-order valence-electron chi connectivity index (χ2n) is 5.76. The monoisotopic (exact) mass is 318 g/mol. The highest BCUT2D eigenvalue weighted by molar-refractivity contribution is 5.92. The Kier molecular flexibility index (Phi) is 4.09. The Labute approximate surface area is 132 Å². The minimum atomic E-state index is -0.706. The quantitative estimate of drug-likeness (QED) is 0.911. The summed E-state index contributed by atoms with van der Waals surface area (Å²) in [5, 5.41) is 9.33. The molecule has 3 N–H and O–H groups in total. The first-order valence-corrected chi connectivity index (χ1v) is 7.38. The van der Waals surface area contributed by atoms with Crippen molar-refractivity contribution in [2.45, 2.75) is 19.3 Å². The average molecular weight is 318 g/mol. The van der Waals surface area contributed by atoms with Gasteiger partial charge in [0.15, 0.2) is 0 Å². The van der Waals surface area contributed by atoms with E-state index in [2.05, 4.69) is 4.98 Å². The topological polar surface area (TPSA) is 76.2 Å². The average Bonchev–Trinajstić information content (AvgIpc) is 2.53. The molecular formula is C17H16F2N2O2. The number of fused-ring (bicyclic) bond motifs is 1. The Morgan fingerprint density at radius 1 is 1.30 bits per heavy atom. The minimum absolute atomic E-state index is 0.0299. The van der Waals surface area contributed by atoms with Gasteiger partial charge in [0.05, 0.1) is 0 Å². The molecule has 120 valence electrons. The number of carbonyl (C=O) groups is 1. The lowest BCUT2D eigenvalue weighted by Gasteiger charge is -2.25. The maximum absolute atomic E-state index is 14.2. The Balaban J connectivity index is 2.19. The summed E-state index contributed by atoms with van der Waals surface area (Å²) in [5.74, 6) is -2.01. The molecule has 0 unspecified atom stereocenters. The summed E-state index contributed by atoms with van der Waals surface area (Å²) < 4.78 is 27.3. The van der Waals surface area contributed by atoms with Crippen LogP contribution in [0, 0.1) is 17.6 Å². The van der Waals surface area contributed by atoms with Crippen molar-refractivity contribution in [2.75, 3.05) is 6.61 Å². The number of rotatable bonds is 3. The van der Waals surface area contributed by atoms with Crippen LogP contribution < -0.4 is 5.73 Å². The number of aromatic nitrogens is 1. The maximum atomic E-state index is 14.2. The van der Waals surface area contributed by atoms with Gasteiger partial charge in [0.1, 0.15) is 17.3 Å². The summed E-state index contributed by atoms with van der Waals surface area (Å²) in [6.45, 7) is 0.0299. The molecule has 3 rings (SSSR count). The first-order valence-electron chi connectivity index (χ1n) is 7.38. The largest absolute Gasteiger partial charge is 0.396 e. The van der Waals surface area contributed by atoms with Crippen molar-refractivity contribution in [1.29, 1.82) is 0 Å². The first-order chi connectivity index (χ1) is 11.0. The highest BCUT2D eigenvalue weighted by atomic mass is 19.1. The summed E-state index contributed by atoms with van der Waals surface area (Å²) in [4.78, 5) is 15.8. The molecule has 1 heterocycles. The Hall–Kier alpha value is -2.34. The fourth-order valence-electron chi connectivity index (χ4n) is 3.03. The van der Waals surface area contributed by atoms with Crippen LogP contribution >= 0.6 is 0 Å². The van der Waals surface area contributed by atoms with Crippen LogP contribution in [0.15, 0.2) is 24.3 Å². The Morgan fingerprint density at radius 2 is 2.09 bits per heavy atom. The number of nitrogens with zero attached hydrogens (tertiary/aromatic N) is 1. The van der Waals surface area contributed by atoms with Crippen molar-refractivity contribution in [2.24, 2.45) is 11.7 Å². The predicted octanol–water partition coefficient (Wildman–Crippen LogP) is 2.22. The van der Waals surface area contributed by atoms with E-state index < -0.39 is 17.5 Å². The Morgan fingerprint density at radius 3 is 2.74 bits per heavy atom. The van der Waals surface area contributed by atoms with Crippen LogP contribution in [0.5, 0.6) is 0 Å². The van der Waals surface area contributed by atoms with Gasteiger partial charge in [-0.1, -0.05) is 0 Å². The van der Waals surface area contributed by atoms with Crippen molar-refractivity contribution in [3.05, 3.63) is 52.9 Å². The van der Waals surface area contributed by atoms with E-state index in [1.165, 1.54) is 18.2 Å². The van der Waals surface area contributed by atoms with Gasteiger partial charge in [0.25, 0.3) is 5.91 Å². The number of hydrogen-bond acceptors (Lipinski definition) is 3. The third kappa shape index (κ3) is 2.94. The summed E-state index contributed by atoms with van der Waals surface area (Å²) in [6, 6.07) is 4.79. The molecule has 1 aromatic carbocycles. The standard InChI is InChI=1S/C17H16F2N2O2/c18-10-2-4-11(14(19)6-10)13-7-16(17(20)23)21-15-5-9(8-22)1-3-12(13)15/h2,4,6-7,9,22H,1,3,5,8H2,(H2,20,23)/t9-/m0/s1. The van der Waals surface area contributed by atoms with E-state index in [-0.39, 0.29) is 23.8 Å². The molecule has 0 bridgehead atoms. The number of pyridine rings is 1. The van der Waals surface area contributed by atoms with Gasteiger partial charge in [-0.15, -0.1) is 0 Å². The number of aliphatic hydroxyl groups is 1. The lowest BCUT2D eigenvalue weighted by molar-refractivity contribution is 0.0995. The number of primary amides is 1. The molecule has 0 aliphatic heterocycles. The SMILES string of the molecule is NC(=O)c1cc(-c2ccc(F)cc2F)c2c(n1)C[C@@H](CO)CC2. The fraction of sp³-hybridized carbons (Fsp3) is 0.294. The maximum Gasteiger partial charge on any atom is 0.267 e. The third-order valence-corrected chi connectivity index (χ3v) is 4.23. The molecule has 23 heavy (non-hydrogen) atoms. The molecule has 1 aliphatic rings. The number of carbonyl (C=O) groups excluding carboxylic acids is 1. The molecular weight excluding hydrogens is 302 g/mol. The highest BCUT2D eigenvalue weighted by Gasteiger charge is 2.25. The number of aliphatic hydroxyl groups excluding tert-OH is 1. The number of halogens is 2. The van der Waals surface area contributed by atoms with Gasteiger partial charge in [0, 0.05) is 23.9 Å². The molecule has 1 atom stereocenters. The molecule has 0 radical (unpaired) electrons. The normalized spacial score (nSPS) is 16.9. The lowest BCUT2D eigenvalue weighted by Crippen LogP contribution is -2.22. The predicted molar refractivity (Wildman–Crippen MR) is 80.7 cm³/mol. The molecule has 1 amide bonds. The minimum Gasteiger partial charge on any atom is -0.396 e. The molecule has 2 aromatic rings. The zero-order valence-corrected chi connectivity index (χ0v) is 12.4. The van der Waals surface area contributed by atoms with Gasteiger partial charge < -0.3 is 10.8 Å². The van der Waals surface area contributed by atoms with Crippen molar-refractivity contribution in [3.63, 3.8) is 0 Å². The zero-order valence-electron chi connectivity index (χ0n) is 12.4. The highest BCUT2D eigenvalue weighted by Crippen LogP contribution is 2.34. The van der Waals surface area contributed by atoms with Crippen molar-refractivity contribution in [1.82, 2.24) is 4.98 Å². The molecule has 0 saturated carbocycles.